The van der Waals surface area contributed by atoms with E-state index in [0.29, 0.717) is 11.8 Å². The van der Waals surface area contributed by atoms with Crippen LogP contribution in [0, 0.1) is 11.8 Å². The van der Waals surface area contributed by atoms with Crippen LogP contribution in [0.4, 0.5) is 19.0 Å². The minimum atomic E-state index is -4.50. The zero-order valence-electron chi connectivity index (χ0n) is 10.0. The van der Waals surface area contributed by atoms with Crippen molar-refractivity contribution in [3.8, 4) is 0 Å². The maximum Gasteiger partial charge on any atom is 0.433 e. The summed E-state index contributed by atoms with van der Waals surface area (Å²) in [5.74, 6) is 1.43. The SMILES string of the molecule is FC(F)(F)c1cc(NC2CC3CCC2C3)nc(Cl)n1. The van der Waals surface area contributed by atoms with Gasteiger partial charge >= 0.3 is 6.18 Å². The van der Waals surface area contributed by atoms with Gasteiger partial charge in [-0.2, -0.15) is 13.2 Å². The Morgan fingerprint density at radius 3 is 2.58 bits per heavy atom. The van der Waals surface area contributed by atoms with E-state index in [9.17, 15) is 13.2 Å². The molecule has 2 bridgehead atoms. The average Bonchev–Trinajstić information content (AvgIpc) is 2.88. The highest BCUT2D eigenvalue weighted by molar-refractivity contribution is 6.28. The lowest BCUT2D eigenvalue weighted by Gasteiger charge is -2.23. The number of rotatable bonds is 2. The average molecular weight is 292 g/mol. The van der Waals surface area contributed by atoms with Crippen molar-refractivity contribution in [3.05, 3.63) is 17.0 Å². The highest BCUT2D eigenvalue weighted by Crippen LogP contribution is 2.45. The van der Waals surface area contributed by atoms with Gasteiger partial charge in [0.15, 0.2) is 5.69 Å². The Hall–Kier alpha value is -1.04. The molecule has 0 aliphatic heterocycles. The second kappa shape index (κ2) is 4.51. The molecule has 1 aromatic heterocycles. The molecule has 0 amide bonds. The van der Waals surface area contributed by atoms with Crippen molar-refractivity contribution in [1.82, 2.24) is 9.97 Å². The maximum atomic E-state index is 12.6. The Kier molecular flexibility index (Phi) is 3.08. The van der Waals surface area contributed by atoms with E-state index in [4.69, 9.17) is 11.6 Å². The fourth-order valence-electron chi connectivity index (χ4n) is 3.25. The fourth-order valence-corrected chi connectivity index (χ4v) is 3.43. The van der Waals surface area contributed by atoms with Gasteiger partial charge < -0.3 is 5.32 Å². The van der Waals surface area contributed by atoms with Crippen molar-refractivity contribution >= 4 is 17.4 Å². The molecule has 0 saturated heterocycles. The second-order valence-corrected chi connectivity index (χ2v) is 5.67. The summed E-state index contributed by atoms with van der Waals surface area (Å²) in [6, 6.07) is 1.14. The molecule has 1 N–H and O–H groups in total. The standard InChI is InChI=1S/C12H13ClF3N3/c13-11-18-9(12(14,15)16)5-10(19-11)17-8-4-6-1-2-7(8)3-6/h5-8H,1-4H2,(H,17,18,19). The van der Waals surface area contributed by atoms with Crippen molar-refractivity contribution < 1.29 is 13.2 Å². The third-order valence-corrected chi connectivity index (χ3v) is 4.23. The first kappa shape index (κ1) is 13.0. The first-order valence-electron chi connectivity index (χ1n) is 6.30. The molecule has 7 heteroatoms. The van der Waals surface area contributed by atoms with E-state index in [1.807, 2.05) is 0 Å². The van der Waals surface area contributed by atoms with Crippen molar-refractivity contribution in [2.75, 3.05) is 5.32 Å². The van der Waals surface area contributed by atoms with Crippen molar-refractivity contribution in [3.63, 3.8) is 0 Å². The lowest BCUT2D eigenvalue weighted by atomic mass is 9.95. The summed E-state index contributed by atoms with van der Waals surface area (Å²) in [5.41, 5.74) is -1.00. The molecule has 2 aliphatic rings. The van der Waals surface area contributed by atoms with Crippen LogP contribution in [-0.2, 0) is 6.18 Å². The van der Waals surface area contributed by atoms with Crippen molar-refractivity contribution in [2.45, 2.75) is 37.9 Å². The first-order chi connectivity index (χ1) is 8.91. The molecular formula is C12H13ClF3N3. The summed E-state index contributed by atoms with van der Waals surface area (Å²) in [4.78, 5) is 7.05. The van der Waals surface area contributed by atoms with E-state index in [-0.39, 0.29) is 17.1 Å². The predicted octanol–water partition coefficient (Wildman–Crippen LogP) is 3.75. The lowest BCUT2D eigenvalue weighted by molar-refractivity contribution is -0.141. The van der Waals surface area contributed by atoms with E-state index in [1.54, 1.807) is 0 Å². The van der Waals surface area contributed by atoms with Gasteiger partial charge in [-0.25, -0.2) is 9.97 Å². The van der Waals surface area contributed by atoms with Crippen LogP contribution in [0.2, 0.25) is 5.28 Å². The van der Waals surface area contributed by atoms with Crippen LogP contribution < -0.4 is 5.32 Å². The van der Waals surface area contributed by atoms with E-state index in [2.05, 4.69) is 15.3 Å². The Bertz CT molecular complexity index is 492. The van der Waals surface area contributed by atoms with E-state index in [1.165, 1.54) is 12.8 Å². The number of halogens is 4. The van der Waals surface area contributed by atoms with Crippen LogP contribution in [0.15, 0.2) is 6.07 Å². The molecular weight excluding hydrogens is 279 g/mol. The van der Waals surface area contributed by atoms with Gasteiger partial charge in [0.25, 0.3) is 0 Å². The quantitative estimate of drug-likeness (QED) is 0.843. The zero-order chi connectivity index (χ0) is 13.6. The summed E-state index contributed by atoms with van der Waals surface area (Å²) >= 11 is 5.56. The van der Waals surface area contributed by atoms with Crippen LogP contribution in [0.25, 0.3) is 0 Å². The minimum Gasteiger partial charge on any atom is -0.367 e. The fraction of sp³-hybridized carbons (Fsp3) is 0.667. The molecule has 1 aromatic rings. The Labute approximate surface area is 113 Å². The number of nitrogens with zero attached hydrogens (tertiary/aromatic N) is 2. The van der Waals surface area contributed by atoms with Gasteiger partial charge in [-0.05, 0) is 42.7 Å². The predicted molar refractivity (Wildman–Crippen MR) is 64.9 cm³/mol. The molecule has 19 heavy (non-hydrogen) atoms. The maximum absolute atomic E-state index is 12.6. The topological polar surface area (TPSA) is 37.8 Å². The molecule has 104 valence electrons. The largest absolute Gasteiger partial charge is 0.433 e. The molecule has 2 fully saturated rings. The highest BCUT2D eigenvalue weighted by atomic mass is 35.5. The molecule has 3 rings (SSSR count). The van der Waals surface area contributed by atoms with Gasteiger partial charge in [0.2, 0.25) is 5.28 Å². The Balaban J connectivity index is 1.79. The van der Waals surface area contributed by atoms with Gasteiger partial charge in [0.05, 0.1) is 0 Å². The highest BCUT2D eigenvalue weighted by Gasteiger charge is 2.40. The van der Waals surface area contributed by atoms with Crippen molar-refractivity contribution in [2.24, 2.45) is 11.8 Å². The molecule has 0 spiro atoms. The monoisotopic (exact) mass is 291 g/mol. The minimum absolute atomic E-state index is 0.171. The second-order valence-electron chi connectivity index (χ2n) is 5.33. The van der Waals surface area contributed by atoms with Gasteiger partial charge in [-0.15, -0.1) is 0 Å². The Morgan fingerprint density at radius 1 is 1.21 bits per heavy atom. The summed E-state index contributed by atoms with van der Waals surface area (Å²) in [5, 5.41) is 2.72. The number of hydrogen-bond acceptors (Lipinski definition) is 3. The molecule has 0 radical (unpaired) electrons. The number of anilines is 1. The molecule has 2 saturated carbocycles. The molecule has 0 aromatic carbocycles. The number of nitrogens with one attached hydrogen (secondary N) is 1. The van der Waals surface area contributed by atoms with E-state index < -0.39 is 11.9 Å². The summed E-state index contributed by atoms with van der Waals surface area (Å²) in [6.45, 7) is 0. The third kappa shape index (κ3) is 2.63. The number of hydrogen-bond donors (Lipinski definition) is 1. The van der Waals surface area contributed by atoms with Gasteiger partial charge in [0, 0.05) is 12.1 Å². The van der Waals surface area contributed by atoms with Gasteiger partial charge in [0.1, 0.15) is 5.82 Å². The van der Waals surface area contributed by atoms with Gasteiger partial charge in [-0.1, -0.05) is 6.42 Å². The van der Waals surface area contributed by atoms with Crippen LogP contribution >= 0.6 is 11.6 Å². The van der Waals surface area contributed by atoms with E-state index in [0.717, 1.165) is 18.9 Å². The Morgan fingerprint density at radius 2 is 2.00 bits per heavy atom. The third-order valence-electron chi connectivity index (χ3n) is 4.06. The van der Waals surface area contributed by atoms with Crippen LogP contribution in [0.3, 0.4) is 0 Å². The van der Waals surface area contributed by atoms with Crippen LogP contribution in [-0.4, -0.2) is 16.0 Å². The number of fused-ring (bicyclic) bond motifs is 2. The molecule has 1 heterocycles. The van der Waals surface area contributed by atoms with E-state index >= 15 is 0 Å². The lowest BCUT2D eigenvalue weighted by Crippen LogP contribution is -2.26. The molecule has 3 unspecified atom stereocenters. The van der Waals surface area contributed by atoms with Gasteiger partial charge in [-0.3, -0.25) is 0 Å². The van der Waals surface area contributed by atoms with Crippen LogP contribution in [0.1, 0.15) is 31.4 Å². The van der Waals surface area contributed by atoms with Crippen LogP contribution in [0.5, 0.6) is 0 Å². The number of alkyl halides is 3. The smallest absolute Gasteiger partial charge is 0.367 e. The normalized spacial score (nSPS) is 29.8. The summed E-state index contributed by atoms with van der Waals surface area (Å²) in [6.07, 6.45) is 0.0579. The van der Waals surface area contributed by atoms with Crippen molar-refractivity contribution in [1.29, 1.82) is 0 Å². The summed E-state index contributed by atoms with van der Waals surface area (Å²) in [7, 11) is 0. The first-order valence-corrected chi connectivity index (χ1v) is 6.68. The summed E-state index contributed by atoms with van der Waals surface area (Å²) < 4.78 is 37.9. The molecule has 2 aliphatic carbocycles. The molecule has 3 nitrogen and oxygen atoms in total. The zero-order valence-corrected chi connectivity index (χ0v) is 10.8. The molecule has 3 atom stereocenters. The number of aromatic nitrogens is 2.